The van der Waals surface area contributed by atoms with Gasteiger partial charge in [0.1, 0.15) is 0 Å². The van der Waals surface area contributed by atoms with E-state index in [1.165, 1.54) is 38.5 Å². The van der Waals surface area contributed by atoms with Gasteiger partial charge in [0.2, 0.25) is 0 Å². The fourth-order valence-corrected chi connectivity index (χ4v) is 5.28. The number of carbonyl (C=O) groups is 1. The van der Waals surface area contributed by atoms with Crippen molar-refractivity contribution in [2.45, 2.75) is 57.5 Å². The average Bonchev–Trinajstić information content (AvgIpc) is 2.85. The average molecular weight is 264 g/mol. The zero-order valence-electron chi connectivity index (χ0n) is 11.5. The number of hydrogen-bond donors (Lipinski definition) is 1. The Hall–Kier alpha value is -0.570. The predicted octanol–water partition coefficient (Wildman–Crippen LogP) is 3.08. The van der Waals surface area contributed by atoms with E-state index in [1.807, 2.05) is 0 Å². The molecular formula is C16H24O3. The Morgan fingerprint density at radius 1 is 1.16 bits per heavy atom. The molecule has 1 saturated heterocycles. The topological polar surface area (TPSA) is 46.5 Å². The van der Waals surface area contributed by atoms with Gasteiger partial charge in [0.15, 0.2) is 0 Å². The molecule has 3 saturated carbocycles. The second-order valence-corrected chi connectivity index (χ2v) is 7.48. The van der Waals surface area contributed by atoms with Gasteiger partial charge < -0.3 is 9.84 Å². The van der Waals surface area contributed by atoms with E-state index in [9.17, 15) is 9.90 Å². The molecule has 3 aliphatic carbocycles. The molecule has 4 aliphatic rings. The second-order valence-electron chi connectivity index (χ2n) is 7.48. The summed E-state index contributed by atoms with van der Waals surface area (Å²) in [5.41, 5.74) is -0.545. The van der Waals surface area contributed by atoms with Crippen LogP contribution in [-0.2, 0) is 9.53 Å². The van der Waals surface area contributed by atoms with Crippen molar-refractivity contribution in [2.75, 3.05) is 6.61 Å². The van der Waals surface area contributed by atoms with Crippen molar-refractivity contribution >= 4 is 5.97 Å². The van der Waals surface area contributed by atoms with Crippen molar-refractivity contribution in [3.8, 4) is 0 Å². The van der Waals surface area contributed by atoms with Crippen LogP contribution in [0, 0.1) is 29.1 Å². The number of hydrogen-bond acceptors (Lipinski definition) is 2. The quantitative estimate of drug-likeness (QED) is 0.848. The van der Waals surface area contributed by atoms with Crippen LogP contribution in [0.4, 0.5) is 0 Å². The lowest BCUT2D eigenvalue weighted by molar-refractivity contribution is -0.155. The lowest BCUT2D eigenvalue weighted by Gasteiger charge is -2.35. The standard InChI is InChI=1S/C16H24O3/c17-15(18)16(5-6-19-14(16)11-3-4-11)9-13-8-10-1-2-12(13)7-10/h10-14H,1-9H2,(H,17,18). The molecule has 0 amide bonds. The molecule has 1 aliphatic heterocycles. The number of aliphatic carboxylic acids is 1. The summed E-state index contributed by atoms with van der Waals surface area (Å²) in [7, 11) is 0. The molecule has 5 unspecified atom stereocenters. The molecule has 4 rings (SSSR count). The van der Waals surface area contributed by atoms with Gasteiger partial charge in [-0.25, -0.2) is 0 Å². The first-order chi connectivity index (χ1) is 9.19. The molecule has 0 aromatic rings. The largest absolute Gasteiger partial charge is 0.481 e. The summed E-state index contributed by atoms with van der Waals surface area (Å²) >= 11 is 0. The van der Waals surface area contributed by atoms with Crippen LogP contribution >= 0.6 is 0 Å². The van der Waals surface area contributed by atoms with Gasteiger partial charge in [-0.2, -0.15) is 0 Å². The molecule has 5 atom stereocenters. The molecule has 3 heteroatoms. The third kappa shape index (κ3) is 1.84. The molecular weight excluding hydrogens is 240 g/mol. The van der Waals surface area contributed by atoms with Crippen LogP contribution in [0.2, 0.25) is 0 Å². The van der Waals surface area contributed by atoms with Crippen molar-refractivity contribution in [3.05, 3.63) is 0 Å². The Labute approximate surface area is 114 Å². The van der Waals surface area contributed by atoms with E-state index in [-0.39, 0.29) is 6.10 Å². The normalized spacial score (nSPS) is 48.8. The maximum absolute atomic E-state index is 12.0. The zero-order chi connectivity index (χ0) is 13.0. The summed E-state index contributed by atoms with van der Waals surface area (Å²) in [6.07, 6.45) is 9.41. The molecule has 1 heterocycles. The molecule has 3 nitrogen and oxygen atoms in total. The van der Waals surface area contributed by atoms with Crippen LogP contribution < -0.4 is 0 Å². The zero-order valence-corrected chi connectivity index (χ0v) is 11.5. The van der Waals surface area contributed by atoms with Gasteiger partial charge in [-0.3, -0.25) is 4.79 Å². The van der Waals surface area contributed by atoms with Gasteiger partial charge in [0.05, 0.1) is 11.5 Å². The Morgan fingerprint density at radius 3 is 2.53 bits per heavy atom. The smallest absolute Gasteiger partial charge is 0.312 e. The minimum atomic E-state index is -0.579. The van der Waals surface area contributed by atoms with Crippen molar-refractivity contribution in [1.29, 1.82) is 0 Å². The van der Waals surface area contributed by atoms with Crippen LogP contribution in [0.25, 0.3) is 0 Å². The Morgan fingerprint density at radius 2 is 1.95 bits per heavy atom. The number of rotatable bonds is 4. The summed E-state index contributed by atoms with van der Waals surface area (Å²) in [4.78, 5) is 12.0. The van der Waals surface area contributed by atoms with E-state index in [1.54, 1.807) is 0 Å². The van der Waals surface area contributed by atoms with E-state index >= 15 is 0 Å². The minimum Gasteiger partial charge on any atom is -0.481 e. The first kappa shape index (κ1) is 12.2. The van der Waals surface area contributed by atoms with Gasteiger partial charge in [-0.1, -0.05) is 6.42 Å². The summed E-state index contributed by atoms with van der Waals surface area (Å²) in [5, 5.41) is 9.86. The molecule has 4 fully saturated rings. The van der Waals surface area contributed by atoms with Crippen molar-refractivity contribution < 1.29 is 14.6 Å². The molecule has 0 aromatic heterocycles. The van der Waals surface area contributed by atoms with Gasteiger partial charge in [0.25, 0.3) is 0 Å². The van der Waals surface area contributed by atoms with E-state index in [2.05, 4.69) is 0 Å². The fraction of sp³-hybridized carbons (Fsp3) is 0.938. The molecule has 1 N–H and O–H groups in total. The summed E-state index contributed by atoms with van der Waals surface area (Å²) < 4.78 is 5.86. The number of ether oxygens (including phenoxy) is 1. The highest BCUT2D eigenvalue weighted by atomic mass is 16.5. The van der Waals surface area contributed by atoms with E-state index < -0.39 is 11.4 Å². The predicted molar refractivity (Wildman–Crippen MR) is 70.7 cm³/mol. The van der Waals surface area contributed by atoms with Crippen LogP contribution in [0.1, 0.15) is 51.4 Å². The maximum atomic E-state index is 12.0. The Kier molecular flexibility index (Phi) is 2.70. The minimum absolute atomic E-state index is 0.0177. The monoisotopic (exact) mass is 264 g/mol. The second kappa shape index (κ2) is 4.21. The fourth-order valence-electron chi connectivity index (χ4n) is 5.28. The number of carboxylic acids is 1. The van der Waals surface area contributed by atoms with E-state index in [0.717, 1.165) is 24.7 Å². The van der Waals surface area contributed by atoms with Crippen LogP contribution in [0.15, 0.2) is 0 Å². The van der Waals surface area contributed by atoms with Gasteiger partial charge in [0, 0.05) is 6.61 Å². The van der Waals surface area contributed by atoms with Gasteiger partial charge in [-0.15, -0.1) is 0 Å². The van der Waals surface area contributed by atoms with Crippen LogP contribution in [-0.4, -0.2) is 23.8 Å². The van der Waals surface area contributed by atoms with Gasteiger partial charge >= 0.3 is 5.97 Å². The summed E-state index contributed by atoms with van der Waals surface area (Å²) in [5.74, 6) is 2.35. The maximum Gasteiger partial charge on any atom is 0.312 e. The van der Waals surface area contributed by atoms with E-state index in [4.69, 9.17) is 4.74 Å². The first-order valence-electron chi connectivity index (χ1n) is 8.04. The highest BCUT2D eigenvalue weighted by Gasteiger charge is 2.57. The SMILES string of the molecule is O=C(O)C1(CC2CC3CCC2C3)CCOC1C1CC1. The molecule has 19 heavy (non-hydrogen) atoms. The number of fused-ring (bicyclic) bond motifs is 2. The lowest BCUT2D eigenvalue weighted by Crippen LogP contribution is -2.42. The molecule has 0 aromatic carbocycles. The number of carboxylic acid groups (broad SMARTS) is 1. The van der Waals surface area contributed by atoms with Crippen molar-refractivity contribution in [3.63, 3.8) is 0 Å². The highest BCUT2D eigenvalue weighted by molar-refractivity contribution is 5.76. The van der Waals surface area contributed by atoms with Crippen LogP contribution in [0.5, 0.6) is 0 Å². The summed E-state index contributed by atoms with van der Waals surface area (Å²) in [6.45, 7) is 0.661. The van der Waals surface area contributed by atoms with Crippen LogP contribution in [0.3, 0.4) is 0 Å². The Bertz CT molecular complexity index is 389. The third-order valence-electron chi connectivity index (χ3n) is 6.38. The van der Waals surface area contributed by atoms with Gasteiger partial charge in [-0.05, 0) is 68.6 Å². The first-order valence-corrected chi connectivity index (χ1v) is 8.04. The highest BCUT2D eigenvalue weighted by Crippen LogP contribution is 2.56. The van der Waals surface area contributed by atoms with E-state index in [0.29, 0.717) is 18.4 Å². The van der Waals surface area contributed by atoms with Crippen molar-refractivity contribution in [1.82, 2.24) is 0 Å². The molecule has 0 spiro atoms. The van der Waals surface area contributed by atoms with Crippen molar-refractivity contribution in [2.24, 2.45) is 29.1 Å². The Balaban J connectivity index is 1.55. The summed E-state index contributed by atoms with van der Waals surface area (Å²) in [6, 6.07) is 0. The third-order valence-corrected chi connectivity index (χ3v) is 6.38. The molecule has 106 valence electrons. The molecule has 0 radical (unpaired) electrons. The molecule has 2 bridgehead atoms. The lowest BCUT2D eigenvalue weighted by atomic mass is 9.69.